The van der Waals surface area contributed by atoms with Gasteiger partial charge in [-0.1, -0.05) is 0 Å². The van der Waals surface area contributed by atoms with Crippen LogP contribution in [0.5, 0.6) is 0 Å². The minimum Gasteiger partial charge on any atom is -0.310 e. The lowest BCUT2D eigenvalue weighted by atomic mass is 10.1. The van der Waals surface area contributed by atoms with Gasteiger partial charge in [0.25, 0.3) is 5.56 Å². The summed E-state index contributed by atoms with van der Waals surface area (Å²) in [6.07, 6.45) is 0.431. The van der Waals surface area contributed by atoms with E-state index in [-0.39, 0.29) is 11.6 Å². The summed E-state index contributed by atoms with van der Waals surface area (Å²) in [7, 11) is 0. The van der Waals surface area contributed by atoms with Gasteiger partial charge in [-0.3, -0.25) is 4.79 Å². The fraction of sp³-hybridized carbons (Fsp3) is 0.545. The van der Waals surface area contributed by atoms with E-state index in [9.17, 15) is 4.79 Å². The molecule has 1 atom stereocenters. The van der Waals surface area contributed by atoms with Crippen molar-refractivity contribution in [1.82, 2.24) is 15.3 Å². The molecule has 0 amide bonds. The molecule has 5 nitrogen and oxygen atoms in total. The third-order valence-electron chi connectivity index (χ3n) is 2.38. The molecule has 5 heteroatoms. The van der Waals surface area contributed by atoms with Crippen LogP contribution in [0.15, 0.2) is 4.79 Å². The Morgan fingerprint density at radius 2 is 2.25 bits per heavy atom. The van der Waals surface area contributed by atoms with E-state index < -0.39 is 0 Å². The molecule has 0 aliphatic rings. The molecule has 0 spiro atoms. The van der Waals surface area contributed by atoms with Gasteiger partial charge >= 0.3 is 0 Å². The molecule has 0 radical (unpaired) electrons. The van der Waals surface area contributed by atoms with Gasteiger partial charge in [0.2, 0.25) is 0 Å². The fourth-order valence-electron chi connectivity index (χ4n) is 1.69. The first-order valence-electron chi connectivity index (χ1n) is 5.24. The van der Waals surface area contributed by atoms with Crippen LogP contribution in [0.4, 0.5) is 0 Å². The topological polar surface area (TPSA) is 81.6 Å². The summed E-state index contributed by atoms with van der Waals surface area (Å²) in [6.45, 7) is 6.04. The highest BCUT2D eigenvalue weighted by molar-refractivity contribution is 5.19. The van der Waals surface area contributed by atoms with Gasteiger partial charge in [-0.25, -0.2) is 4.98 Å². The molecule has 0 saturated carbocycles. The van der Waals surface area contributed by atoms with Gasteiger partial charge in [-0.05, 0) is 20.8 Å². The van der Waals surface area contributed by atoms with E-state index in [1.165, 1.54) is 0 Å². The Kier molecular flexibility index (Phi) is 4.20. The number of aryl methyl sites for hydroxylation is 2. The average molecular weight is 220 g/mol. The highest BCUT2D eigenvalue weighted by Crippen LogP contribution is 2.10. The van der Waals surface area contributed by atoms with E-state index in [4.69, 9.17) is 5.26 Å². The van der Waals surface area contributed by atoms with Crippen LogP contribution in [0, 0.1) is 25.2 Å². The SMILES string of the molecule is Cc1nc(C)c(C(C)NCCC#N)c(=O)[nH]1. The maximum atomic E-state index is 11.7. The maximum Gasteiger partial charge on any atom is 0.255 e. The summed E-state index contributed by atoms with van der Waals surface area (Å²) in [5, 5.41) is 11.5. The van der Waals surface area contributed by atoms with Crippen molar-refractivity contribution in [1.29, 1.82) is 5.26 Å². The molecular formula is C11H16N4O. The van der Waals surface area contributed by atoms with Crippen LogP contribution in [0.2, 0.25) is 0 Å². The molecule has 2 N–H and O–H groups in total. The van der Waals surface area contributed by atoms with Crippen molar-refractivity contribution in [3.05, 3.63) is 27.4 Å². The molecule has 0 saturated heterocycles. The van der Waals surface area contributed by atoms with Gasteiger partial charge in [0, 0.05) is 24.7 Å². The first-order chi connectivity index (χ1) is 7.56. The number of hydrogen-bond donors (Lipinski definition) is 2. The Labute approximate surface area is 94.5 Å². The third-order valence-corrected chi connectivity index (χ3v) is 2.38. The zero-order valence-corrected chi connectivity index (χ0v) is 9.79. The summed E-state index contributed by atoms with van der Waals surface area (Å²) in [5.74, 6) is 0.621. The molecule has 1 aromatic rings. The monoisotopic (exact) mass is 220 g/mol. The smallest absolute Gasteiger partial charge is 0.255 e. The molecule has 86 valence electrons. The van der Waals surface area contributed by atoms with E-state index in [0.717, 1.165) is 5.69 Å². The predicted molar refractivity (Wildman–Crippen MR) is 61.0 cm³/mol. The number of nitrogens with one attached hydrogen (secondary N) is 2. The molecular weight excluding hydrogens is 204 g/mol. The zero-order valence-electron chi connectivity index (χ0n) is 9.79. The van der Waals surface area contributed by atoms with Gasteiger partial charge in [-0.2, -0.15) is 5.26 Å². The molecule has 1 heterocycles. The van der Waals surface area contributed by atoms with E-state index in [0.29, 0.717) is 24.4 Å². The van der Waals surface area contributed by atoms with E-state index in [2.05, 4.69) is 15.3 Å². The van der Waals surface area contributed by atoms with E-state index in [1.54, 1.807) is 6.92 Å². The van der Waals surface area contributed by atoms with Crippen LogP contribution < -0.4 is 10.9 Å². The highest BCUT2D eigenvalue weighted by Gasteiger charge is 2.13. The number of aromatic nitrogens is 2. The second-order valence-electron chi connectivity index (χ2n) is 3.73. The van der Waals surface area contributed by atoms with Crippen LogP contribution in [0.25, 0.3) is 0 Å². The number of hydrogen-bond acceptors (Lipinski definition) is 4. The van der Waals surface area contributed by atoms with Gasteiger partial charge in [0.1, 0.15) is 5.82 Å². The van der Waals surface area contributed by atoms with Crippen LogP contribution >= 0.6 is 0 Å². The van der Waals surface area contributed by atoms with Crippen molar-refractivity contribution in [2.45, 2.75) is 33.2 Å². The number of nitriles is 1. The Hall–Kier alpha value is -1.67. The molecule has 1 rings (SSSR count). The van der Waals surface area contributed by atoms with Crippen molar-refractivity contribution in [2.24, 2.45) is 0 Å². The predicted octanol–water partition coefficient (Wildman–Crippen LogP) is 0.951. The maximum absolute atomic E-state index is 11.7. The Morgan fingerprint density at radius 3 is 2.81 bits per heavy atom. The first kappa shape index (κ1) is 12.4. The molecule has 0 aromatic carbocycles. The van der Waals surface area contributed by atoms with Gasteiger partial charge in [0.15, 0.2) is 0 Å². The minimum atomic E-state index is -0.109. The number of aromatic amines is 1. The lowest BCUT2D eigenvalue weighted by Gasteiger charge is -2.14. The normalized spacial score (nSPS) is 12.1. The largest absolute Gasteiger partial charge is 0.310 e. The second-order valence-corrected chi connectivity index (χ2v) is 3.73. The first-order valence-corrected chi connectivity index (χ1v) is 5.24. The Morgan fingerprint density at radius 1 is 1.56 bits per heavy atom. The summed E-state index contributed by atoms with van der Waals surface area (Å²) in [4.78, 5) is 18.6. The molecule has 16 heavy (non-hydrogen) atoms. The second kappa shape index (κ2) is 5.42. The standard InChI is InChI=1S/C11H16N4O/c1-7(13-6-4-5-12)10-8(2)14-9(3)15-11(10)16/h7,13H,4,6H2,1-3H3,(H,14,15,16). The molecule has 0 aliphatic carbocycles. The third kappa shape index (κ3) is 2.91. The highest BCUT2D eigenvalue weighted by atomic mass is 16.1. The lowest BCUT2D eigenvalue weighted by Crippen LogP contribution is -2.28. The Balaban J connectivity index is 2.88. The number of rotatable bonds is 4. The average Bonchev–Trinajstić information content (AvgIpc) is 2.16. The van der Waals surface area contributed by atoms with Crippen LogP contribution in [0.3, 0.4) is 0 Å². The van der Waals surface area contributed by atoms with Crippen LogP contribution in [-0.2, 0) is 0 Å². The quantitative estimate of drug-likeness (QED) is 0.740. The fourth-order valence-corrected chi connectivity index (χ4v) is 1.69. The van der Waals surface area contributed by atoms with E-state index >= 15 is 0 Å². The van der Waals surface area contributed by atoms with Crippen molar-refractivity contribution >= 4 is 0 Å². The van der Waals surface area contributed by atoms with Crippen molar-refractivity contribution in [2.75, 3.05) is 6.54 Å². The van der Waals surface area contributed by atoms with Crippen molar-refractivity contribution < 1.29 is 0 Å². The van der Waals surface area contributed by atoms with Crippen LogP contribution in [-0.4, -0.2) is 16.5 Å². The molecule has 1 unspecified atom stereocenters. The van der Waals surface area contributed by atoms with Gasteiger partial charge < -0.3 is 10.3 Å². The molecule has 0 bridgehead atoms. The summed E-state index contributed by atoms with van der Waals surface area (Å²) in [6, 6.07) is 1.96. The molecule has 0 aliphatic heterocycles. The lowest BCUT2D eigenvalue weighted by molar-refractivity contribution is 0.570. The van der Waals surface area contributed by atoms with Gasteiger partial charge in [-0.15, -0.1) is 0 Å². The van der Waals surface area contributed by atoms with Crippen LogP contribution in [0.1, 0.15) is 36.5 Å². The number of nitrogens with zero attached hydrogens (tertiary/aromatic N) is 2. The summed E-state index contributed by atoms with van der Waals surface area (Å²) in [5.41, 5.74) is 1.27. The Bertz CT molecular complexity index is 458. The summed E-state index contributed by atoms with van der Waals surface area (Å²) >= 11 is 0. The zero-order chi connectivity index (χ0) is 12.1. The molecule has 1 aromatic heterocycles. The molecule has 0 fully saturated rings. The number of H-pyrrole nitrogens is 1. The van der Waals surface area contributed by atoms with Gasteiger partial charge in [0.05, 0.1) is 11.6 Å². The van der Waals surface area contributed by atoms with Crippen molar-refractivity contribution in [3.8, 4) is 6.07 Å². The minimum absolute atomic E-state index is 0.0924. The van der Waals surface area contributed by atoms with Crippen molar-refractivity contribution in [3.63, 3.8) is 0 Å². The summed E-state index contributed by atoms with van der Waals surface area (Å²) < 4.78 is 0. The van der Waals surface area contributed by atoms with E-state index in [1.807, 2.05) is 19.9 Å².